The Bertz CT molecular complexity index is 389. The summed E-state index contributed by atoms with van der Waals surface area (Å²) in [4.78, 5) is 24.4. The van der Waals surface area contributed by atoms with Gasteiger partial charge in [-0.25, -0.2) is 0 Å². The van der Waals surface area contributed by atoms with E-state index in [1.165, 1.54) is 6.92 Å². The maximum absolute atomic E-state index is 12.3. The van der Waals surface area contributed by atoms with E-state index in [0.717, 1.165) is 32.1 Å². The number of ketones is 1. The molecule has 0 bridgehead atoms. The molecule has 0 radical (unpaired) electrons. The summed E-state index contributed by atoms with van der Waals surface area (Å²) in [6.07, 6.45) is 5.62. The van der Waals surface area contributed by atoms with Crippen molar-refractivity contribution in [2.24, 2.45) is 17.8 Å². The first kappa shape index (κ1) is 20.1. The van der Waals surface area contributed by atoms with Crippen LogP contribution in [0.15, 0.2) is 0 Å². The molecule has 0 heterocycles. The Balaban J connectivity index is 3.04. The molecule has 0 aromatic carbocycles. The van der Waals surface area contributed by atoms with Crippen LogP contribution in [0.25, 0.3) is 0 Å². The molecule has 0 aromatic rings. The minimum absolute atomic E-state index is 0.0300. The third-order valence-corrected chi connectivity index (χ3v) is 5.12. The summed E-state index contributed by atoms with van der Waals surface area (Å²) in [5, 5.41) is 0. The van der Waals surface area contributed by atoms with Crippen LogP contribution in [0.5, 0.6) is 0 Å². The number of methoxy groups -OCH3 is 2. The van der Waals surface area contributed by atoms with Crippen LogP contribution < -0.4 is 0 Å². The van der Waals surface area contributed by atoms with Gasteiger partial charge in [0.25, 0.3) is 0 Å². The Labute approximate surface area is 140 Å². The van der Waals surface area contributed by atoms with Gasteiger partial charge in [0, 0.05) is 26.6 Å². The molecule has 0 aromatic heterocycles. The standard InChI is InChI=1S/C18H32O5/c1-6-8-9-10-15-14(11-12-18(15,21-4)22-5)16(13(3)19)17(20)23-7-2/h14-16H,6-12H2,1-5H3. The van der Waals surface area contributed by atoms with Crippen LogP contribution in [0.4, 0.5) is 0 Å². The van der Waals surface area contributed by atoms with E-state index in [2.05, 4.69) is 6.92 Å². The lowest BCUT2D eigenvalue weighted by Gasteiger charge is -2.36. The average Bonchev–Trinajstić information content (AvgIpc) is 2.87. The number of rotatable bonds is 10. The zero-order chi connectivity index (χ0) is 17.5. The first-order chi connectivity index (χ1) is 11.0. The molecule has 0 amide bonds. The van der Waals surface area contributed by atoms with E-state index in [0.29, 0.717) is 6.42 Å². The number of Topliss-reactive ketones (excluding diaryl/α,β-unsaturated/α-hetero) is 1. The molecule has 134 valence electrons. The van der Waals surface area contributed by atoms with Crippen LogP contribution in [0.3, 0.4) is 0 Å². The Hall–Kier alpha value is -0.940. The number of carbonyl (C=O) groups is 2. The van der Waals surface area contributed by atoms with E-state index in [1.54, 1.807) is 21.1 Å². The normalized spacial score (nSPS) is 24.4. The summed E-state index contributed by atoms with van der Waals surface area (Å²) < 4.78 is 16.6. The zero-order valence-corrected chi connectivity index (χ0v) is 15.2. The quantitative estimate of drug-likeness (QED) is 0.266. The second kappa shape index (κ2) is 9.38. The van der Waals surface area contributed by atoms with E-state index in [-0.39, 0.29) is 24.2 Å². The van der Waals surface area contributed by atoms with E-state index in [9.17, 15) is 9.59 Å². The molecule has 1 rings (SSSR count). The summed E-state index contributed by atoms with van der Waals surface area (Å²) >= 11 is 0. The molecule has 5 heteroatoms. The fourth-order valence-electron chi connectivity index (χ4n) is 3.99. The molecular formula is C18H32O5. The molecule has 0 aliphatic heterocycles. The van der Waals surface area contributed by atoms with Crippen LogP contribution in [0.2, 0.25) is 0 Å². The highest BCUT2D eigenvalue weighted by Gasteiger charge is 2.53. The van der Waals surface area contributed by atoms with Crippen LogP contribution >= 0.6 is 0 Å². The maximum Gasteiger partial charge on any atom is 0.316 e. The summed E-state index contributed by atoms with van der Waals surface area (Å²) in [5.41, 5.74) is 0. The van der Waals surface area contributed by atoms with Gasteiger partial charge in [-0.1, -0.05) is 26.2 Å². The lowest BCUT2D eigenvalue weighted by Crippen LogP contribution is -2.43. The predicted molar refractivity (Wildman–Crippen MR) is 87.9 cm³/mol. The summed E-state index contributed by atoms with van der Waals surface area (Å²) in [6.45, 7) is 5.68. The first-order valence-electron chi connectivity index (χ1n) is 8.74. The lowest BCUT2D eigenvalue weighted by atomic mass is 9.78. The molecule has 5 nitrogen and oxygen atoms in total. The second-order valence-corrected chi connectivity index (χ2v) is 6.37. The van der Waals surface area contributed by atoms with E-state index >= 15 is 0 Å². The molecule has 1 saturated carbocycles. The maximum atomic E-state index is 12.3. The molecule has 23 heavy (non-hydrogen) atoms. The number of carbonyl (C=O) groups excluding carboxylic acids is 2. The predicted octanol–water partition coefficient (Wildman–Crippen LogP) is 3.35. The van der Waals surface area contributed by atoms with Gasteiger partial charge in [-0.3, -0.25) is 9.59 Å². The van der Waals surface area contributed by atoms with Gasteiger partial charge in [0.05, 0.1) is 6.61 Å². The first-order valence-corrected chi connectivity index (χ1v) is 8.74. The van der Waals surface area contributed by atoms with Crippen LogP contribution in [0, 0.1) is 17.8 Å². The molecule has 1 aliphatic carbocycles. The number of esters is 1. The van der Waals surface area contributed by atoms with Gasteiger partial charge in [0.1, 0.15) is 11.7 Å². The number of hydrogen-bond acceptors (Lipinski definition) is 5. The van der Waals surface area contributed by atoms with E-state index in [1.807, 2.05) is 0 Å². The van der Waals surface area contributed by atoms with Crippen molar-refractivity contribution in [3.63, 3.8) is 0 Å². The summed E-state index contributed by atoms with van der Waals surface area (Å²) in [6, 6.07) is 0. The third-order valence-electron chi connectivity index (χ3n) is 5.12. The zero-order valence-electron chi connectivity index (χ0n) is 15.2. The highest BCUT2D eigenvalue weighted by molar-refractivity contribution is 5.98. The minimum Gasteiger partial charge on any atom is -0.465 e. The smallest absolute Gasteiger partial charge is 0.316 e. The topological polar surface area (TPSA) is 61.8 Å². The van der Waals surface area contributed by atoms with Crippen molar-refractivity contribution < 1.29 is 23.8 Å². The molecule has 1 fully saturated rings. The van der Waals surface area contributed by atoms with Gasteiger partial charge in [-0.15, -0.1) is 0 Å². The molecule has 0 spiro atoms. The van der Waals surface area contributed by atoms with E-state index in [4.69, 9.17) is 14.2 Å². The number of ether oxygens (including phenoxy) is 3. The van der Waals surface area contributed by atoms with Crippen molar-refractivity contribution in [1.82, 2.24) is 0 Å². The molecule has 3 atom stereocenters. The molecule has 0 saturated heterocycles. The van der Waals surface area contributed by atoms with Gasteiger partial charge >= 0.3 is 5.97 Å². The van der Waals surface area contributed by atoms with E-state index < -0.39 is 17.7 Å². The van der Waals surface area contributed by atoms with Gasteiger partial charge in [0.2, 0.25) is 0 Å². The molecule has 3 unspecified atom stereocenters. The fourth-order valence-corrected chi connectivity index (χ4v) is 3.99. The average molecular weight is 328 g/mol. The monoisotopic (exact) mass is 328 g/mol. The molecule has 0 N–H and O–H groups in total. The van der Waals surface area contributed by atoms with Crippen LogP contribution in [-0.2, 0) is 23.8 Å². The highest BCUT2D eigenvalue weighted by atomic mass is 16.7. The van der Waals surface area contributed by atoms with Crippen molar-refractivity contribution >= 4 is 11.8 Å². The van der Waals surface area contributed by atoms with Crippen molar-refractivity contribution in [2.45, 2.75) is 65.1 Å². The van der Waals surface area contributed by atoms with Crippen molar-refractivity contribution in [3.8, 4) is 0 Å². The second-order valence-electron chi connectivity index (χ2n) is 6.37. The Morgan fingerprint density at radius 1 is 1.17 bits per heavy atom. The van der Waals surface area contributed by atoms with Crippen molar-refractivity contribution in [2.75, 3.05) is 20.8 Å². The third kappa shape index (κ3) is 4.54. The lowest BCUT2D eigenvalue weighted by molar-refractivity contribution is -0.234. The minimum atomic E-state index is -0.714. The largest absolute Gasteiger partial charge is 0.465 e. The van der Waals surface area contributed by atoms with Crippen molar-refractivity contribution in [1.29, 1.82) is 0 Å². The molecule has 1 aliphatic rings. The van der Waals surface area contributed by atoms with Gasteiger partial charge in [-0.05, 0) is 32.6 Å². The van der Waals surface area contributed by atoms with Crippen LogP contribution in [0.1, 0.15) is 59.3 Å². The number of hydrogen-bond donors (Lipinski definition) is 0. The van der Waals surface area contributed by atoms with Crippen LogP contribution in [-0.4, -0.2) is 38.4 Å². The Morgan fingerprint density at radius 3 is 2.30 bits per heavy atom. The SMILES string of the molecule is CCCCCC1C(C(C(C)=O)C(=O)OCC)CCC1(OC)OC. The Morgan fingerprint density at radius 2 is 1.83 bits per heavy atom. The van der Waals surface area contributed by atoms with Crippen molar-refractivity contribution in [3.05, 3.63) is 0 Å². The Kier molecular flexibility index (Phi) is 8.20. The molecular weight excluding hydrogens is 296 g/mol. The summed E-state index contributed by atoms with van der Waals surface area (Å²) in [7, 11) is 3.29. The van der Waals surface area contributed by atoms with Gasteiger partial charge in [-0.2, -0.15) is 0 Å². The van der Waals surface area contributed by atoms with Gasteiger partial charge in [0.15, 0.2) is 5.79 Å². The number of unbranched alkanes of at least 4 members (excludes halogenated alkanes) is 2. The fraction of sp³-hybridized carbons (Fsp3) is 0.889. The highest BCUT2D eigenvalue weighted by Crippen LogP contribution is 2.49. The summed E-state index contributed by atoms with van der Waals surface area (Å²) in [5.74, 6) is -2.00. The van der Waals surface area contributed by atoms with Gasteiger partial charge < -0.3 is 14.2 Å².